The lowest BCUT2D eigenvalue weighted by molar-refractivity contribution is -0.145. The molecule has 21 heavy (non-hydrogen) atoms. The Morgan fingerprint density at radius 3 is 2.52 bits per heavy atom. The highest BCUT2D eigenvalue weighted by atomic mass is 16.4. The zero-order valence-electron chi connectivity index (χ0n) is 12.5. The molecular formula is C16H23NO4. The Morgan fingerprint density at radius 2 is 1.95 bits per heavy atom. The standard InChI is InChI=1S/C16H23NO4/c1-2-7-13-12(8-11-21-13)14(18)17-16(15(19)20)9-5-3-4-6-10-16/h8,11H,2-7,9-10H2,1H3,(H,17,18)(H,19,20). The molecule has 1 saturated carbocycles. The second-order valence-corrected chi connectivity index (χ2v) is 5.76. The van der Waals surface area contributed by atoms with Gasteiger partial charge in [0.2, 0.25) is 0 Å². The Labute approximate surface area is 124 Å². The first-order valence-electron chi connectivity index (χ1n) is 7.71. The monoisotopic (exact) mass is 293 g/mol. The van der Waals surface area contributed by atoms with E-state index in [4.69, 9.17) is 4.42 Å². The van der Waals surface area contributed by atoms with E-state index in [1.54, 1.807) is 6.07 Å². The summed E-state index contributed by atoms with van der Waals surface area (Å²) in [4.78, 5) is 24.2. The van der Waals surface area contributed by atoms with Crippen LogP contribution in [0.4, 0.5) is 0 Å². The molecule has 2 N–H and O–H groups in total. The maximum Gasteiger partial charge on any atom is 0.329 e. The molecule has 5 heteroatoms. The molecule has 2 rings (SSSR count). The summed E-state index contributed by atoms with van der Waals surface area (Å²) in [7, 11) is 0. The molecule has 0 spiro atoms. The number of nitrogens with one attached hydrogen (secondary N) is 1. The summed E-state index contributed by atoms with van der Waals surface area (Å²) in [5, 5.41) is 12.4. The molecule has 0 radical (unpaired) electrons. The minimum absolute atomic E-state index is 0.337. The van der Waals surface area contributed by atoms with E-state index in [1.807, 2.05) is 6.92 Å². The largest absolute Gasteiger partial charge is 0.480 e. The van der Waals surface area contributed by atoms with Crippen molar-refractivity contribution in [3.63, 3.8) is 0 Å². The van der Waals surface area contributed by atoms with E-state index in [0.29, 0.717) is 30.6 Å². The zero-order chi connectivity index (χ0) is 15.3. The van der Waals surface area contributed by atoms with Crippen LogP contribution in [0, 0.1) is 0 Å². The first-order valence-corrected chi connectivity index (χ1v) is 7.71. The Bertz CT molecular complexity index is 498. The van der Waals surface area contributed by atoms with Crippen LogP contribution in [-0.4, -0.2) is 22.5 Å². The summed E-state index contributed by atoms with van der Waals surface area (Å²) in [6.45, 7) is 2.01. The molecule has 1 aromatic heterocycles. The smallest absolute Gasteiger partial charge is 0.329 e. The van der Waals surface area contributed by atoms with E-state index >= 15 is 0 Å². The van der Waals surface area contributed by atoms with Gasteiger partial charge in [0.25, 0.3) is 5.91 Å². The quantitative estimate of drug-likeness (QED) is 0.817. The van der Waals surface area contributed by atoms with Crippen LogP contribution in [0.5, 0.6) is 0 Å². The molecule has 1 heterocycles. The molecule has 0 unspecified atom stereocenters. The summed E-state index contributed by atoms with van der Waals surface area (Å²) in [5.74, 6) is -0.640. The summed E-state index contributed by atoms with van der Waals surface area (Å²) in [6.07, 6.45) is 7.74. The molecular weight excluding hydrogens is 270 g/mol. The first-order chi connectivity index (χ1) is 10.1. The third kappa shape index (κ3) is 3.46. The van der Waals surface area contributed by atoms with E-state index in [0.717, 1.165) is 32.1 Å². The van der Waals surface area contributed by atoms with Crippen LogP contribution in [-0.2, 0) is 11.2 Å². The number of carbonyl (C=O) groups excluding carboxylic acids is 1. The van der Waals surface area contributed by atoms with Crippen molar-refractivity contribution in [3.05, 3.63) is 23.7 Å². The number of hydrogen-bond acceptors (Lipinski definition) is 3. The number of rotatable bonds is 5. The highest BCUT2D eigenvalue weighted by molar-refractivity contribution is 5.98. The highest BCUT2D eigenvalue weighted by Gasteiger charge is 2.40. The SMILES string of the molecule is CCCc1occc1C(=O)NC1(C(=O)O)CCCCCC1. The van der Waals surface area contributed by atoms with Crippen molar-refractivity contribution in [2.75, 3.05) is 0 Å². The average molecular weight is 293 g/mol. The third-order valence-electron chi connectivity index (χ3n) is 4.19. The minimum atomic E-state index is -1.13. The van der Waals surface area contributed by atoms with Crippen molar-refractivity contribution in [1.82, 2.24) is 5.32 Å². The van der Waals surface area contributed by atoms with Gasteiger partial charge in [-0.15, -0.1) is 0 Å². The summed E-state index contributed by atoms with van der Waals surface area (Å²) in [5.41, 5.74) is -0.671. The topological polar surface area (TPSA) is 79.5 Å². The van der Waals surface area contributed by atoms with Gasteiger partial charge < -0.3 is 14.8 Å². The third-order valence-corrected chi connectivity index (χ3v) is 4.19. The predicted octanol–water partition coefficient (Wildman–Crippen LogP) is 3.14. The number of hydrogen-bond donors (Lipinski definition) is 2. The number of aliphatic carboxylic acids is 1. The van der Waals surface area contributed by atoms with Gasteiger partial charge in [-0.3, -0.25) is 4.79 Å². The van der Waals surface area contributed by atoms with Gasteiger partial charge in [0.15, 0.2) is 0 Å². The lowest BCUT2D eigenvalue weighted by atomic mass is 9.89. The number of amides is 1. The predicted molar refractivity (Wildman–Crippen MR) is 78.2 cm³/mol. The van der Waals surface area contributed by atoms with Gasteiger partial charge in [-0.2, -0.15) is 0 Å². The maximum absolute atomic E-state index is 12.5. The molecule has 1 amide bonds. The molecule has 0 saturated heterocycles. The fourth-order valence-corrected chi connectivity index (χ4v) is 2.97. The van der Waals surface area contributed by atoms with Crippen LogP contribution in [0.3, 0.4) is 0 Å². The van der Waals surface area contributed by atoms with Gasteiger partial charge in [0.05, 0.1) is 11.8 Å². The number of carboxylic acid groups (broad SMARTS) is 1. The number of aryl methyl sites for hydroxylation is 1. The van der Waals surface area contributed by atoms with E-state index in [9.17, 15) is 14.7 Å². The fraction of sp³-hybridized carbons (Fsp3) is 0.625. The number of furan rings is 1. The average Bonchev–Trinajstić information content (AvgIpc) is 2.77. The van der Waals surface area contributed by atoms with Gasteiger partial charge >= 0.3 is 5.97 Å². The van der Waals surface area contributed by atoms with Crippen LogP contribution in [0.2, 0.25) is 0 Å². The van der Waals surface area contributed by atoms with E-state index in [-0.39, 0.29) is 5.91 Å². The van der Waals surface area contributed by atoms with Crippen LogP contribution < -0.4 is 5.32 Å². The molecule has 0 bridgehead atoms. The van der Waals surface area contributed by atoms with Crippen LogP contribution in [0.25, 0.3) is 0 Å². The van der Waals surface area contributed by atoms with E-state index in [1.165, 1.54) is 6.26 Å². The number of carboxylic acids is 1. The van der Waals surface area contributed by atoms with Crippen molar-refractivity contribution in [3.8, 4) is 0 Å². The molecule has 1 aromatic rings. The van der Waals surface area contributed by atoms with Crippen molar-refractivity contribution >= 4 is 11.9 Å². The Morgan fingerprint density at radius 1 is 1.29 bits per heavy atom. The molecule has 1 fully saturated rings. The van der Waals surface area contributed by atoms with Crippen molar-refractivity contribution in [1.29, 1.82) is 0 Å². The molecule has 0 atom stereocenters. The van der Waals surface area contributed by atoms with E-state index in [2.05, 4.69) is 5.32 Å². The molecule has 116 valence electrons. The van der Waals surface area contributed by atoms with Crippen LogP contribution >= 0.6 is 0 Å². The zero-order valence-corrected chi connectivity index (χ0v) is 12.5. The number of carbonyl (C=O) groups is 2. The van der Waals surface area contributed by atoms with Crippen LogP contribution in [0.1, 0.15) is 68.0 Å². The molecule has 1 aliphatic rings. The second-order valence-electron chi connectivity index (χ2n) is 5.76. The molecule has 1 aliphatic carbocycles. The summed E-state index contributed by atoms with van der Waals surface area (Å²) in [6, 6.07) is 1.62. The van der Waals surface area contributed by atoms with Gasteiger partial charge in [-0.25, -0.2) is 4.79 Å². The van der Waals surface area contributed by atoms with Crippen LogP contribution in [0.15, 0.2) is 16.7 Å². The first kappa shape index (κ1) is 15.6. The Balaban J connectivity index is 2.18. The Kier molecular flexibility index (Phi) is 5.04. The van der Waals surface area contributed by atoms with Crippen molar-refractivity contribution in [2.24, 2.45) is 0 Å². The van der Waals surface area contributed by atoms with Gasteiger partial charge in [0, 0.05) is 6.42 Å². The van der Waals surface area contributed by atoms with E-state index < -0.39 is 11.5 Å². The maximum atomic E-state index is 12.5. The van der Waals surface area contributed by atoms with Gasteiger partial charge in [-0.05, 0) is 25.3 Å². The fourth-order valence-electron chi connectivity index (χ4n) is 2.97. The van der Waals surface area contributed by atoms with Crippen molar-refractivity contribution in [2.45, 2.75) is 63.8 Å². The van der Waals surface area contributed by atoms with Gasteiger partial charge in [-0.1, -0.05) is 32.6 Å². The van der Waals surface area contributed by atoms with Gasteiger partial charge in [0.1, 0.15) is 11.3 Å². The molecule has 0 aromatic carbocycles. The highest BCUT2D eigenvalue weighted by Crippen LogP contribution is 2.28. The lowest BCUT2D eigenvalue weighted by Gasteiger charge is -2.29. The summed E-state index contributed by atoms with van der Waals surface area (Å²) >= 11 is 0. The van der Waals surface area contributed by atoms with Crippen molar-refractivity contribution < 1.29 is 19.1 Å². The molecule has 0 aliphatic heterocycles. The summed E-state index contributed by atoms with van der Waals surface area (Å²) < 4.78 is 5.33. The normalized spacial score (nSPS) is 18.0. The second kappa shape index (κ2) is 6.78. The lowest BCUT2D eigenvalue weighted by Crippen LogP contribution is -2.54. The molecule has 5 nitrogen and oxygen atoms in total. The Hall–Kier alpha value is -1.78. The minimum Gasteiger partial charge on any atom is -0.480 e.